The highest BCUT2D eigenvalue weighted by Crippen LogP contribution is 2.45. The smallest absolute Gasteiger partial charge is 0.308 e. The lowest BCUT2D eigenvalue weighted by Crippen LogP contribution is -2.68. The summed E-state index contributed by atoms with van der Waals surface area (Å²) in [5, 5.41) is 11.2. The van der Waals surface area contributed by atoms with Gasteiger partial charge in [0, 0.05) is 15.2 Å². The summed E-state index contributed by atoms with van der Waals surface area (Å²) in [5.41, 5.74) is 0. The van der Waals surface area contributed by atoms with Crippen molar-refractivity contribution in [2.24, 2.45) is 0 Å². The van der Waals surface area contributed by atoms with Crippen LogP contribution in [-0.2, 0) is 32.7 Å². The van der Waals surface area contributed by atoms with Gasteiger partial charge >= 0.3 is 5.97 Å². The largest absolute Gasteiger partial charge is 0.469 e. The molecule has 0 radical (unpaired) electrons. The number of methoxy groups -OCH3 is 1. The highest BCUT2D eigenvalue weighted by Gasteiger charge is 2.56. The minimum absolute atomic E-state index is 0.0373. The fraction of sp³-hybridized carbons (Fsp3) is 0.882. The van der Waals surface area contributed by atoms with Gasteiger partial charge in [-0.2, -0.15) is 0 Å². The molecule has 0 aromatic carbocycles. The Hall–Kier alpha value is -0.0462. The second-order valence-electron chi connectivity index (χ2n) is 16.6. The van der Waals surface area contributed by atoms with Gasteiger partial charge in [-0.15, -0.1) is 11.6 Å². The van der Waals surface area contributed by atoms with Gasteiger partial charge in [0.15, 0.2) is 16.6 Å². The number of hydrogen-bond donors (Lipinski definition) is 1. The Morgan fingerprint density at radius 1 is 0.957 bits per heavy atom. The zero-order chi connectivity index (χ0) is 35.5. The molecule has 2 rings (SSSR count). The van der Waals surface area contributed by atoms with E-state index in [2.05, 4.69) is 116 Å². The van der Waals surface area contributed by atoms with Gasteiger partial charge in [-0.1, -0.05) is 83.9 Å². The van der Waals surface area contributed by atoms with Gasteiger partial charge < -0.3 is 28.2 Å². The van der Waals surface area contributed by atoms with Crippen molar-refractivity contribution >= 4 is 62.6 Å². The minimum atomic E-state index is -2.45. The molecule has 0 aliphatic carbocycles. The van der Waals surface area contributed by atoms with Gasteiger partial charge in [-0.05, 0) is 67.9 Å². The van der Waals surface area contributed by atoms with Gasteiger partial charge in [-0.3, -0.25) is 9.59 Å². The topological polar surface area (TPSA) is 101 Å². The molecule has 12 heteroatoms. The Morgan fingerprint density at radius 3 is 2.00 bits per heavy atom. The van der Waals surface area contributed by atoms with Crippen LogP contribution in [0.5, 0.6) is 0 Å². The Balaban J connectivity index is 2.50. The summed E-state index contributed by atoms with van der Waals surface area (Å²) in [4.78, 5) is 25.0. The average molecular weight is 815 g/mol. The molecule has 0 aromatic rings. The molecule has 0 aromatic heterocycles. The Kier molecular flexibility index (Phi) is 14.9. The number of ketones is 1. The first-order chi connectivity index (χ1) is 20.8. The molecular formula is C34H60ClIO8Si2. The van der Waals surface area contributed by atoms with E-state index in [1.807, 2.05) is 0 Å². The predicted octanol–water partition coefficient (Wildman–Crippen LogP) is 7.57. The number of aliphatic hydroxyl groups is 1. The van der Waals surface area contributed by atoms with Gasteiger partial charge in [0.25, 0.3) is 0 Å². The second kappa shape index (κ2) is 16.3. The third-order valence-corrected chi connectivity index (χ3v) is 19.7. The number of carbonyl (C=O) groups excluding carboxylic acids is 2. The number of rotatable bonds is 12. The lowest BCUT2D eigenvalue weighted by atomic mass is 9.87. The van der Waals surface area contributed by atoms with E-state index in [-0.39, 0.29) is 49.6 Å². The summed E-state index contributed by atoms with van der Waals surface area (Å²) in [6.45, 7) is 25.9. The van der Waals surface area contributed by atoms with Crippen molar-refractivity contribution in [3.05, 3.63) is 0 Å². The summed E-state index contributed by atoms with van der Waals surface area (Å²) in [7, 11) is -3.49. The summed E-state index contributed by atoms with van der Waals surface area (Å²) < 4.78 is 32.4. The van der Waals surface area contributed by atoms with Gasteiger partial charge in [0.2, 0.25) is 5.78 Å². The molecule has 2 aliphatic rings. The highest BCUT2D eigenvalue weighted by molar-refractivity contribution is 14.1. The Bertz CT molecular complexity index is 1100. The number of aliphatic hydroxyl groups excluding tert-OH is 1. The van der Waals surface area contributed by atoms with Crippen LogP contribution in [0, 0.1) is 11.8 Å². The molecular weight excluding hydrogens is 755 g/mol. The third-order valence-electron chi connectivity index (χ3n) is 9.95. The molecule has 46 heavy (non-hydrogen) atoms. The van der Waals surface area contributed by atoms with E-state index in [1.54, 1.807) is 0 Å². The van der Waals surface area contributed by atoms with Crippen molar-refractivity contribution in [1.29, 1.82) is 0 Å². The molecule has 8 nitrogen and oxygen atoms in total. The monoisotopic (exact) mass is 814 g/mol. The predicted molar refractivity (Wildman–Crippen MR) is 198 cm³/mol. The molecule has 0 amide bonds. The number of fused-ring (bicyclic) bond motifs is 1. The first-order valence-corrected chi connectivity index (χ1v) is 23.9. The number of ether oxygens (including phenoxy) is 3. The molecule has 2 fully saturated rings. The molecule has 1 N–H and O–H groups in total. The molecule has 2 heterocycles. The van der Waals surface area contributed by atoms with Crippen molar-refractivity contribution in [3.8, 4) is 11.8 Å². The van der Waals surface area contributed by atoms with Gasteiger partial charge in [0.1, 0.15) is 30.5 Å². The van der Waals surface area contributed by atoms with Crippen LogP contribution in [0.3, 0.4) is 0 Å². The van der Waals surface area contributed by atoms with Crippen LogP contribution in [0.25, 0.3) is 0 Å². The number of carbonyl (C=O) groups is 2. The maximum Gasteiger partial charge on any atom is 0.308 e. The number of alkyl halides is 2. The van der Waals surface area contributed by atoms with Crippen molar-refractivity contribution in [2.45, 2.75) is 182 Å². The lowest BCUT2D eigenvalue weighted by Gasteiger charge is -2.55. The second-order valence-corrected chi connectivity index (χ2v) is 29.7. The molecule has 266 valence electrons. The van der Waals surface area contributed by atoms with E-state index >= 15 is 0 Å². The molecule has 3 unspecified atom stereocenters. The zero-order valence-electron chi connectivity index (χ0n) is 30.4. The first-order valence-electron chi connectivity index (χ1n) is 16.6. The SMILES string of the molecule is COC(=O)C[C@H]1CC[C@@H]2O[C@@H]([C@@H](O)C#CC(=O)CC[C@@H](Cl)CC(C)(C)I)C(O[Si](C)(C)C(C)(C)C)C(O[Si](C)(C)C(C)(C)C)C2O1. The lowest BCUT2D eigenvalue weighted by molar-refractivity contribution is -0.267. The number of hydrogen-bond acceptors (Lipinski definition) is 8. The maximum atomic E-state index is 12.8. The standard InChI is InChI=1S/C34H60ClIO8Si2/c1-32(2,3)45(10,11)43-30-28(25(38)18-16-23(37)15-14-22(35)21-34(7,8)36)42-26-19-17-24(20-27(39)40-9)41-29(26)31(30)44-46(12,13)33(4,5)6/h22,24-26,28-31,38H,14-15,17,19-21H2,1-13H3/t22-,24-,25+,26+,28+,29?,30?,31?/m1/s1. The zero-order valence-corrected chi connectivity index (χ0v) is 35.3. The van der Waals surface area contributed by atoms with E-state index in [9.17, 15) is 14.7 Å². The van der Waals surface area contributed by atoms with E-state index < -0.39 is 53.3 Å². The quantitative estimate of drug-likeness (QED) is 0.0539. The van der Waals surface area contributed by atoms with E-state index in [1.165, 1.54) is 7.11 Å². The molecule has 0 saturated carbocycles. The van der Waals surface area contributed by atoms with Crippen LogP contribution in [0.1, 0.15) is 93.9 Å². The number of esters is 1. The average Bonchev–Trinajstić information content (AvgIpc) is 2.89. The van der Waals surface area contributed by atoms with E-state index in [4.69, 9.17) is 34.7 Å². The van der Waals surface area contributed by atoms with Crippen LogP contribution in [0.15, 0.2) is 0 Å². The fourth-order valence-electron chi connectivity index (χ4n) is 5.17. The summed E-state index contributed by atoms with van der Waals surface area (Å²) in [5.74, 6) is 4.87. The van der Waals surface area contributed by atoms with Crippen molar-refractivity contribution in [3.63, 3.8) is 0 Å². The van der Waals surface area contributed by atoms with Crippen LogP contribution < -0.4 is 0 Å². The maximum absolute atomic E-state index is 12.8. The third kappa shape index (κ3) is 12.1. The Labute approximate surface area is 299 Å². The summed E-state index contributed by atoms with van der Waals surface area (Å²) >= 11 is 8.85. The first kappa shape index (κ1) is 42.1. The van der Waals surface area contributed by atoms with Gasteiger partial charge in [0.05, 0.1) is 25.7 Å². The van der Waals surface area contributed by atoms with E-state index in [0.717, 1.165) is 6.42 Å². The van der Waals surface area contributed by atoms with Crippen molar-refractivity contribution in [2.75, 3.05) is 7.11 Å². The highest BCUT2D eigenvalue weighted by atomic mass is 127. The molecule has 0 bridgehead atoms. The molecule has 2 saturated heterocycles. The van der Waals surface area contributed by atoms with E-state index in [0.29, 0.717) is 19.3 Å². The van der Waals surface area contributed by atoms with Crippen LogP contribution in [0.2, 0.25) is 36.3 Å². The molecule has 0 spiro atoms. The van der Waals surface area contributed by atoms with Crippen molar-refractivity contribution in [1.82, 2.24) is 0 Å². The molecule has 8 atom stereocenters. The number of Topliss-reactive ketones (excluding diaryl/α,β-unsaturated/α-hetero) is 1. The van der Waals surface area contributed by atoms with Crippen LogP contribution >= 0.6 is 34.2 Å². The van der Waals surface area contributed by atoms with Crippen molar-refractivity contribution < 1.29 is 37.8 Å². The Morgan fingerprint density at radius 2 is 1.50 bits per heavy atom. The minimum Gasteiger partial charge on any atom is -0.469 e. The molecule has 2 aliphatic heterocycles. The summed E-state index contributed by atoms with van der Waals surface area (Å²) in [6.07, 6.45) is -1.89. The number of halogens is 2. The normalized spacial score (nSPS) is 27.6. The van der Waals surface area contributed by atoms with Gasteiger partial charge in [-0.25, -0.2) is 0 Å². The fourth-order valence-corrected chi connectivity index (χ4v) is 9.06. The van der Waals surface area contributed by atoms with Crippen LogP contribution in [-0.4, -0.2) is 92.1 Å². The van der Waals surface area contributed by atoms with Crippen LogP contribution in [0.4, 0.5) is 0 Å². The summed E-state index contributed by atoms with van der Waals surface area (Å²) in [6, 6.07) is 0.